The number of benzene rings is 1. The van der Waals surface area contributed by atoms with Gasteiger partial charge in [-0.1, -0.05) is 11.6 Å². The number of hydrogen-bond acceptors (Lipinski definition) is 4. The molecule has 0 spiro atoms. The second-order valence-electron chi connectivity index (χ2n) is 3.59. The number of aromatic nitrogens is 2. The molecule has 1 aromatic heterocycles. The Labute approximate surface area is 113 Å². The summed E-state index contributed by atoms with van der Waals surface area (Å²) in [5.41, 5.74) is 0.193. The first-order valence-corrected chi connectivity index (χ1v) is 5.75. The summed E-state index contributed by atoms with van der Waals surface area (Å²) in [4.78, 5) is 13.3. The van der Waals surface area contributed by atoms with Gasteiger partial charge in [0.05, 0.1) is 23.5 Å². The minimum atomic E-state index is -0.588. The molecule has 0 saturated carbocycles. The molecule has 0 aliphatic rings. The highest BCUT2D eigenvalue weighted by atomic mass is 35.5. The van der Waals surface area contributed by atoms with Crippen LogP contribution in [-0.4, -0.2) is 22.5 Å². The van der Waals surface area contributed by atoms with Gasteiger partial charge in [0.25, 0.3) is 0 Å². The molecule has 1 aromatic carbocycles. The van der Waals surface area contributed by atoms with Crippen molar-refractivity contribution in [1.82, 2.24) is 9.78 Å². The van der Waals surface area contributed by atoms with Gasteiger partial charge >= 0.3 is 0 Å². The molecule has 0 radical (unpaired) electrons. The third-order valence-corrected chi connectivity index (χ3v) is 2.47. The molecule has 98 valence electrons. The van der Waals surface area contributed by atoms with E-state index >= 15 is 0 Å². The molecule has 2 aromatic rings. The molecule has 0 bridgehead atoms. The minimum absolute atomic E-state index is 0.0862. The van der Waals surface area contributed by atoms with Crippen molar-refractivity contribution in [2.45, 2.75) is 6.54 Å². The fourth-order valence-corrected chi connectivity index (χ4v) is 1.60. The highest BCUT2D eigenvalue weighted by Gasteiger charge is 2.05. The quantitative estimate of drug-likeness (QED) is 0.625. The first-order chi connectivity index (χ1) is 9.19. The molecule has 0 aliphatic heterocycles. The van der Waals surface area contributed by atoms with Crippen LogP contribution in [0.15, 0.2) is 35.6 Å². The maximum atomic E-state index is 13.5. The summed E-state index contributed by atoms with van der Waals surface area (Å²) in [6, 6.07) is 3.97. The van der Waals surface area contributed by atoms with Gasteiger partial charge in [-0.3, -0.25) is 4.68 Å². The van der Waals surface area contributed by atoms with Gasteiger partial charge < -0.3 is 4.74 Å². The molecule has 1 heterocycles. The highest BCUT2D eigenvalue weighted by Crippen LogP contribution is 2.22. The first kappa shape index (κ1) is 13.3. The van der Waals surface area contributed by atoms with Crippen LogP contribution >= 0.6 is 11.6 Å². The molecule has 19 heavy (non-hydrogen) atoms. The molecule has 0 atom stereocenters. The molecule has 0 fully saturated rings. The average Bonchev–Trinajstić information content (AvgIpc) is 2.78. The molecule has 0 unspecified atom stereocenters. The largest absolute Gasteiger partial charge is 0.489 e. The fraction of sp³-hybridized carbons (Fsp3) is 0.167. The summed E-state index contributed by atoms with van der Waals surface area (Å²) in [7, 11) is 0. The van der Waals surface area contributed by atoms with Crippen molar-refractivity contribution in [2.24, 2.45) is 4.99 Å². The van der Waals surface area contributed by atoms with Crippen molar-refractivity contribution in [3.8, 4) is 5.75 Å². The van der Waals surface area contributed by atoms with Crippen LogP contribution in [-0.2, 0) is 11.3 Å². The van der Waals surface area contributed by atoms with Crippen molar-refractivity contribution >= 4 is 23.4 Å². The molecule has 0 amide bonds. The lowest BCUT2D eigenvalue weighted by Gasteiger charge is -2.07. The normalized spacial score (nSPS) is 10.0. The zero-order valence-corrected chi connectivity index (χ0v) is 10.5. The summed E-state index contributed by atoms with van der Waals surface area (Å²) < 4.78 is 20.4. The molecular formula is C12H9ClFN3O2. The fourth-order valence-electron chi connectivity index (χ4n) is 1.44. The summed E-state index contributed by atoms with van der Waals surface area (Å²) in [6.45, 7) is 0.686. The zero-order chi connectivity index (χ0) is 13.7. The van der Waals surface area contributed by atoms with E-state index in [0.717, 1.165) is 6.07 Å². The third-order valence-electron chi connectivity index (χ3n) is 2.27. The lowest BCUT2D eigenvalue weighted by atomic mass is 10.3. The van der Waals surface area contributed by atoms with Gasteiger partial charge in [-0.05, 0) is 12.1 Å². The Morgan fingerprint density at radius 2 is 2.37 bits per heavy atom. The van der Waals surface area contributed by atoms with Gasteiger partial charge in [0, 0.05) is 12.3 Å². The van der Waals surface area contributed by atoms with Crippen LogP contribution in [0.25, 0.3) is 0 Å². The van der Waals surface area contributed by atoms with Crippen LogP contribution in [0.3, 0.4) is 0 Å². The van der Waals surface area contributed by atoms with Crippen LogP contribution < -0.4 is 4.74 Å². The smallest absolute Gasteiger partial charge is 0.240 e. The van der Waals surface area contributed by atoms with Crippen LogP contribution in [0.5, 0.6) is 5.75 Å². The van der Waals surface area contributed by atoms with E-state index in [2.05, 4.69) is 10.1 Å². The monoisotopic (exact) mass is 281 g/mol. The van der Waals surface area contributed by atoms with E-state index in [4.69, 9.17) is 16.3 Å². The molecule has 5 nitrogen and oxygen atoms in total. The second kappa shape index (κ2) is 6.13. The number of halogens is 2. The molecule has 7 heteroatoms. The van der Waals surface area contributed by atoms with Crippen molar-refractivity contribution in [2.75, 3.05) is 6.61 Å². The lowest BCUT2D eigenvalue weighted by Crippen LogP contribution is -2.09. The molecule has 0 saturated heterocycles. The predicted octanol–water partition coefficient (Wildman–Crippen LogP) is 2.72. The molecule has 0 N–H and O–H groups in total. The highest BCUT2D eigenvalue weighted by molar-refractivity contribution is 6.30. The Hall–Kier alpha value is -2.17. The number of isocyanates is 1. The third kappa shape index (κ3) is 3.64. The van der Waals surface area contributed by atoms with Gasteiger partial charge in [0.1, 0.15) is 6.61 Å². The van der Waals surface area contributed by atoms with Crippen LogP contribution in [0, 0.1) is 5.82 Å². The van der Waals surface area contributed by atoms with E-state index in [1.807, 2.05) is 0 Å². The van der Waals surface area contributed by atoms with E-state index in [0.29, 0.717) is 11.6 Å². The van der Waals surface area contributed by atoms with Crippen molar-refractivity contribution < 1.29 is 13.9 Å². The number of aliphatic imine (C=N–C) groups is 1. The Kier molecular flexibility index (Phi) is 4.28. The molecule has 2 rings (SSSR count). The van der Waals surface area contributed by atoms with Crippen LogP contribution in [0.1, 0.15) is 0 Å². The predicted molar refractivity (Wildman–Crippen MR) is 66.9 cm³/mol. The average molecular weight is 282 g/mol. The summed E-state index contributed by atoms with van der Waals surface area (Å²) >= 11 is 5.70. The number of nitrogens with zero attached hydrogens (tertiary/aromatic N) is 3. The van der Waals surface area contributed by atoms with Gasteiger partial charge in [-0.2, -0.15) is 10.1 Å². The summed E-state index contributed by atoms with van der Waals surface area (Å²) in [5, 5.41) is 4.49. The number of carbonyl (C=O) groups excluding carboxylic acids is 1. The van der Waals surface area contributed by atoms with Gasteiger partial charge in [0.2, 0.25) is 6.08 Å². The minimum Gasteiger partial charge on any atom is -0.489 e. The van der Waals surface area contributed by atoms with Gasteiger partial charge in [-0.25, -0.2) is 9.18 Å². The van der Waals surface area contributed by atoms with E-state index in [1.165, 1.54) is 24.4 Å². The Morgan fingerprint density at radius 1 is 1.53 bits per heavy atom. The summed E-state index contributed by atoms with van der Waals surface area (Å²) in [5.74, 6) is -0.502. The van der Waals surface area contributed by atoms with Gasteiger partial charge in [-0.15, -0.1) is 0 Å². The van der Waals surface area contributed by atoms with Crippen LogP contribution in [0.4, 0.5) is 10.1 Å². The Balaban J connectivity index is 1.94. The second-order valence-corrected chi connectivity index (χ2v) is 4.02. The first-order valence-electron chi connectivity index (χ1n) is 5.37. The maximum absolute atomic E-state index is 13.5. The van der Waals surface area contributed by atoms with Crippen molar-refractivity contribution in [1.29, 1.82) is 0 Å². The number of rotatable bonds is 5. The van der Waals surface area contributed by atoms with Crippen molar-refractivity contribution in [3.63, 3.8) is 0 Å². The Morgan fingerprint density at radius 3 is 3.00 bits per heavy atom. The number of hydrogen-bond donors (Lipinski definition) is 0. The Bertz CT molecular complexity index is 623. The zero-order valence-electron chi connectivity index (χ0n) is 9.72. The molecule has 0 aliphatic carbocycles. The maximum Gasteiger partial charge on any atom is 0.240 e. The SMILES string of the molecule is O=C=Nc1ccc(OCCn2cc(Cl)cn2)c(F)c1. The standard InChI is InChI=1S/C12H9ClFN3O2/c13-9-6-16-17(7-9)3-4-19-12-2-1-10(15-8-18)5-11(12)14/h1-2,5-7H,3-4H2. The van der Waals surface area contributed by atoms with Crippen LogP contribution in [0.2, 0.25) is 5.02 Å². The number of ether oxygens (including phenoxy) is 1. The van der Waals surface area contributed by atoms with E-state index in [1.54, 1.807) is 10.9 Å². The van der Waals surface area contributed by atoms with E-state index < -0.39 is 5.82 Å². The topological polar surface area (TPSA) is 56.5 Å². The van der Waals surface area contributed by atoms with E-state index in [9.17, 15) is 9.18 Å². The van der Waals surface area contributed by atoms with Gasteiger partial charge in [0.15, 0.2) is 11.6 Å². The lowest BCUT2D eigenvalue weighted by molar-refractivity contribution is 0.278. The summed E-state index contributed by atoms with van der Waals surface area (Å²) in [6.07, 6.45) is 4.49. The molecular weight excluding hydrogens is 273 g/mol. The van der Waals surface area contributed by atoms with E-state index in [-0.39, 0.29) is 18.0 Å². The van der Waals surface area contributed by atoms with Crippen molar-refractivity contribution in [3.05, 3.63) is 41.4 Å².